The Bertz CT molecular complexity index is 880. The van der Waals surface area contributed by atoms with Crippen molar-refractivity contribution >= 4 is 29.3 Å². The molecule has 3 aromatic rings. The van der Waals surface area contributed by atoms with E-state index < -0.39 is 0 Å². The van der Waals surface area contributed by atoms with Crippen LogP contribution in [-0.4, -0.2) is 25.9 Å². The second-order valence-electron chi connectivity index (χ2n) is 5.84. The normalized spacial score (nSPS) is 12.0. The molecule has 0 fully saturated rings. The minimum atomic E-state index is -0.278. The van der Waals surface area contributed by atoms with Gasteiger partial charge in [0.25, 0.3) is 0 Å². The molecule has 1 N–H and O–H groups in total. The maximum absolute atomic E-state index is 12.3. The van der Waals surface area contributed by atoms with Crippen LogP contribution in [0, 0.1) is 0 Å². The summed E-state index contributed by atoms with van der Waals surface area (Å²) in [5.74, 6) is 0.705. The SMILES string of the molecule is C[C@@H](Sc1nnc(-c2ccc(Cl)cc2)n1C)C(=O)NCc1ccccc1. The molecule has 0 spiro atoms. The summed E-state index contributed by atoms with van der Waals surface area (Å²) in [5, 5.41) is 12.5. The number of aromatic nitrogens is 3. The van der Waals surface area contributed by atoms with Crippen LogP contribution in [0.3, 0.4) is 0 Å². The molecule has 7 heteroatoms. The maximum Gasteiger partial charge on any atom is 0.233 e. The van der Waals surface area contributed by atoms with E-state index in [2.05, 4.69) is 15.5 Å². The first kappa shape index (κ1) is 18.5. The highest BCUT2D eigenvalue weighted by molar-refractivity contribution is 8.00. The van der Waals surface area contributed by atoms with Crippen molar-refractivity contribution in [2.75, 3.05) is 0 Å². The Morgan fingerprint density at radius 2 is 1.85 bits per heavy atom. The first-order valence-corrected chi connectivity index (χ1v) is 9.44. The molecule has 0 bridgehead atoms. The first-order valence-electron chi connectivity index (χ1n) is 8.18. The van der Waals surface area contributed by atoms with Gasteiger partial charge in [0.1, 0.15) is 0 Å². The first-order chi connectivity index (χ1) is 12.5. The molecular formula is C19H19ClN4OS. The molecule has 26 heavy (non-hydrogen) atoms. The number of hydrogen-bond donors (Lipinski definition) is 1. The number of thioether (sulfide) groups is 1. The summed E-state index contributed by atoms with van der Waals surface area (Å²) in [4.78, 5) is 12.3. The monoisotopic (exact) mass is 386 g/mol. The van der Waals surface area contributed by atoms with Gasteiger partial charge >= 0.3 is 0 Å². The molecule has 0 saturated heterocycles. The lowest BCUT2D eigenvalue weighted by molar-refractivity contribution is -0.120. The zero-order valence-electron chi connectivity index (χ0n) is 14.5. The quantitative estimate of drug-likeness (QED) is 0.652. The van der Waals surface area contributed by atoms with Crippen molar-refractivity contribution in [3.05, 3.63) is 65.2 Å². The molecule has 1 amide bonds. The summed E-state index contributed by atoms with van der Waals surface area (Å²) in [5.41, 5.74) is 2.00. The molecule has 3 rings (SSSR count). The number of hydrogen-bond acceptors (Lipinski definition) is 4. The van der Waals surface area contributed by atoms with Gasteiger partial charge in [0.2, 0.25) is 5.91 Å². The third-order valence-electron chi connectivity index (χ3n) is 3.90. The molecule has 1 heterocycles. The van der Waals surface area contributed by atoms with Crippen LogP contribution >= 0.6 is 23.4 Å². The lowest BCUT2D eigenvalue weighted by Crippen LogP contribution is -2.30. The number of benzene rings is 2. The number of carbonyl (C=O) groups excluding carboxylic acids is 1. The van der Waals surface area contributed by atoms with Crippen LogP contribution in [-0.2, 0) is 18.4 Å². The van der Waals surface area contributed by atoms with Crippen molar-refractivity contribution in [1.82, 2.24) is 20.1 Å². The van der Waals surface area contributed by atoms with Crippen molar-refractivity contribution in [3.8, 4) is 11.4 Å². The summed E-state index contributed by atoms with van der Waals surface area (Å²) < 4.78 is 1.88. The number of rotatable bonds is 6. The molecule has 0 saturated carbocycles. The van der Waals surface area contributed by atoms with Gasteiger partial charge in [-0.25, -0.2) is 0 Å². The van der Waals surface area contributed by atoms with E-state index in [0.29, 0.717) is 16.7 Å². The highest BCUT2D eigenvalue weighted by Crippen LogP contribution is 2.26. The summed E-state index contributed by atoms with van der Waals surface area (Å²) in [6.45, 7) is 2.38. The summed E-state index contributed by atoms with van der Waals surface area (Å²) in [6.07, 6.45) is 0. The minimum Gasteiger partial charge on any atom is -0.351 e. The van der Waals surface area contributed by atoms with Gasteiger partial charge in [0, 0.05) is 24.2 Å². The molecule has 0 unspecified atom stereocenters. The Hall–Kier alpha value is -2.31. The fourth-order valence-electron chi connectivity index (χ4n) is 2.41. The highest BCUT2D eigenvalue weighted by atomic mass is 35.5. The number of halogens is 1. The minimum absolute atomic E-state index is 0.0325. The maximum atomic E-state index is 12.3. The summed E-state index contributed by atoms with van der Waals surface area (Å²) in [7, 11) is 1.89. The van der Waals surface area contributed by atoms with Gasteiger partial charge in [0.05, 0.1) is 5.25 Å². The Labute approximate surface area is 161 Å². The van der Waals surface area contributed by atoms with Gasteiger partial charge in [-0.3, -0.25) is 4.79 Å². The molecule has 0 aliphatic carbocycles. The second kappa shape index (κ2) is 8.38. The van der Waals surface area contributed by atoms with E-state index in [1.807, 2.05) is 73.1 Å². The smallest absolute Gasteiger partial charge is 0.233 e. The van der Waals surface area contributed by atoms with Crippen molar-refractivity contribution < 1.29 is 4.79 Å². The topological polar surface area (TPSA) is 59.8 Å². The van der Waals surface area contributed by atoms with Crippen LogP contribution in [0.1, 0.15) is 12.5 Å². The Morgan fingerprint density at radius 3 is 2.54 bits per heavy atom. The van der Waals surface area contributed by atoms with Crippen molar-refractivity contribution in [1.29, 1.82) is 0 Å². The van der Waals surface area contributed by atoms with Crippen LogP contribution in [0.25, 0.3) is 11.4 Å². The van der Waals surface area contributed by atoms with Crippen LogP contribution in [0.5, 0.6) is 0 Å². The van der Waals surface area contributed by atoms with Crippen LogP contribution in [0.4, 0.5) is 0 Å². The fourth-order valence-corrected chi connectivity index (χ4v) is 3.37. The molecular weight excluding hydrogens is 368 g/mol. The molecule has 1 atom stereocenters. The average Bonchev–Trinajstić information content (AvgIpc) is 3.01. The second-order valence-corrected chi connectivity index (χ2v) is 7.58. The summed E-state index contributed by atoms with van der Waals surface area (Å²) in [6, 6.07) is 17.3. The molecule has 0 aliphatic heterocycles. The van der Waals surface area contributed by atoms with E-state index in [0.717, 1.165) is 17.0 Å². The van der Waals surface area contributed by atoms with Crippen LogP contribution in [0.2, 0.25) is 5.02 Å². The molecule has 2 aromatic carbocycles. The van der Waals surface area contributed by atoms with Crippen molar-refractivity contribution in [2.24, 2.45) is 7.05 Å². The van der Waals surface area contributed by atoms with E-state index in [1.165, 1.54) is 11.8 Å². The molecule has 0 aliphatic rings. The Balaban J connectivity index is 1.63. The Morgan fingerprint density at radius 1 is 1.15 bits per heavy atom. The predicted molar refractivity (Wildman–Crippen MR) is 105 cm³/mol. The fraction of sp³-hybridized carbons (Fsp3) is 0.211. The molecule has 5 nitrogen and oxygen atoms in total. The highest BCUT2D eigenvalue weighted by Gasteiger charge is 2.19. The van der Waals surface area contributed by atoms with E-state index in [1.54, 1.807) is 0 Å². The largest absolute Gasteiger partial charge is 0.351 e. The van der Waals surface area contributed by atoms with E-state index in [9.17, 15) is 4.79 Å². The number of carbonyl (C=O) groups is 1. The van der Waals surface area contributed by atoms with Gasteiger partial charge in [-0.15, -0.1) is 10.2 Å². The Kier molecular flexibility index (Phi) is 5.96. The van der Waals surface area contributed by atoms with E-state index in [4.69, 9.17) is 11.6 Å². The van der Waals surface area contributed by atoms with Gasteiger partial charge < -0.3 is 9.88 Å². The van der Waals surface area contributed by atoms with Gasteiger partial charge in [-0.2, -0.15) is 0 Å². The van der Waals surface area contributed by atoms with E-state index in [-0.39, 0.29) is 11.2 Å². The number of nitrogens with one attached hydrogen (secondary N) is 1. The lowest BCUT2D eigenvalue weighted by atomic mass is 10.2. The lowest BCUT2D eigenvalue weighted by Gasteiger charge is -2.11. The van der Waals surface area contributed by atoms with Crippen LogP contribution < -0.4 is 5.32 Å². The predicted octanol–water partition coefficient (Wildman–Crippen LogP) is 3.93. The zero-order chi connectivity index (χ0) is 18.5. The van der Waals surface area contributed by atoms with Gasteiger partial charge in [0.15, 0.2) is 11.0 Å². The molecule has 134 valence electrons. The number of amides is 1. The van der Waals surface area contributed by atoms with Gasteiger partial charge in [-0.05, 0) is 36.8 Å². The summed E-state index contributed by atoms with van der Waals surface area (Å²) >= 11 is 7.31. The van der Waals surface area contributed by atoms with Crippen molar-refractivity contribution in [2.45, 2.75) is 23.9 Å². The molecule has 1 aromatic heterocycles. The van der Waals surface area contributed by atoms with E-state index >= 15 is 0 Å². The van der Waals surface area contributed by atoms with Gasteiger partial charge in [-0.1, -0.05) is 53.7 Å². The number of nitrogens with zero attached hydrogens (tertiary/aromatic N) is 3. The zero-order valence-corrected chi connectivity index (χ0v) is 16.1. The average molecular weight is 387 g/mol. The third kappa shape index (κ3) is 4.45. The van der Waals surface area contributed by atoms with Crippen LogP contribution in [0.15, 0.2) is 59.8 Å². The van der Waals surface area contributed by atoms with Crippen molar-refractivity contribution in [3.63, 3.8) is 0 Å². The third-order valence-corrected chi connectivity index (χ3v) is 5.28. The standard InChI is InChI=1S/C19H19ClN4OS/c1-13(18(25)21-12-14-6-4-3-5-7-14)26-19-23-22-17(24(19)2)15-8-10-16(20)11-9-15/h3-11,13H,12H2,1-2H3,(H,21,25)/t13-/m1/s1. The molecule has 0 radical (unpaired) electrons.